The lowest BCUT2D eigenvalue weighted by molar-refractivity contribution is 0.0950. The molecule has 0 atom stereocenters. The number of nitrogens with two attached hydrogens (primary N) is 1. The summed E-state index contributed by atoms with van der Waals surface area (Å²) >= 11 is 0. The highest BCUT2D eigenvalue weighted by Gasteiger charge is 2.15. The highest BCUT2D eigenvalue weighted by molar-refractivity contribution is 5.97. The molecule has 0 saturated heterocycles. The van der Waals surface area contributed by atoms with Crippen LogP contribution in [0.25, 0.3) is 0 Å². The van der Waals surface area contributed by atoms with Crippen LogP contribution in [0.4, 0.5) is 5.69 Å². The molecule has 1 aromatic rings. The zero-order valence-electron chi connectivity index (χ0n) is 10.4. The first-order chi connectivity index (χ1) is 8.20. The van der Waals surface area contributed by atoms with E-state index in [-0.39, 0.29) is 5.91 Å². The SMILES string of the molecule is C/C=C/CCNC(=O)c1n[nH]c(CCC)c1N. The fraction of sp³-hybridized carbons (Fsp3) is 0.500. The number of nitrogens with one attached hydrogen (secondary N) is 2. The van der Waals surface area contributed by atoms with Gasteiger partial charge in [0.25, 0.3) is 5.91 Å². The van der Waals surface area contributed by atoms with Gasteiger partial charge in [-0.2, -0.15) is 5.10 Å². The summed E-state index contributed by atoms with van der Waals surface area (Å²) in [6, 6.07) is 0. The number of H-pyrrole nitrogens is 1. The van der Waals surface area contributed by atoms with Crippen LogP contribution in [0.5, 0.6) is 0 Å². The first kappa shape index (κ1) is 13.3. The highest BCUT2D eigenvalue weighted by atomic mass is 16.1. The Morgan fingerprint density at radius 3 is 3.00 bits per heavy atom. The molecule has 0 radical (unpaired) electrons. The van der Waals surface area contributed by atoms with E-state index in [1.54, 1.807) is 0 Å². The van der Waals surface area contributed by atoms with E-state index < -0.39 is 0 Å². The molecule has 1 heterocycles. The van der Waals surface area contributed by atoms with E-state index in [2.05, 4.69) is 22.4 Å². The molecule has 5 heteroatoms. The van der Waals surface area contributed by atoms with E-state index in [0.29, 0.717) is 17.9 Å². The predicted molar refractivity (Wildman–Crippen MR) is 68.8 cm³/mol. The van der Waals surface area contributed by atoms with Crippen molar-refractivity contribution in [1.82, 2.24) is 15.5 Å². The summed E-state index contributed by atoms with van der Waals surface area (Å²) in [6.45, 7) is 4.60. The summed E-state index contributed by atoms with van der Waals surface area (Å²) < 4.78 is 0. The highest BCUT2D eigenvalue weighted by Crippen LogP contribution is 2.15. The lowest BCUT2D eigenvalue weighted by atomic mass is 10.2. The van der Waals surface area contributed by atoms with E-state index in [1.165, 1.54) is 0 Å². The molecule has 5 nitrogen and oxygen atoms in total. The molecule has 0 spiro atoms. The summed E-state index contributed by atoms with van der Waals surface area (Å²) in [5.41, 5.74) is 7.46. The second-order valence-corrected chi connectivity index (χ2v) is 3.83. The van der Waals surface area contributed by atoms with Gasteiger partial charge in [0.1, 0.15) is 0 Å². The molecule has 0 fully saturated rings. The van der Waals surface area contributed by atoms with Gasteiger partial charge in [-0.25, -0.2) is 0 Å². The van der Waals surface area contributed by atoms with Crippen LogP contribution in [0.1, 0.15) is 42.9 Å². The van der Waals surface area contributed by atoms with Gasteiger partial charge in [-0.05, 0) is 19.8 Å². The minimum atomic E-state index is -0.217. The van der Waals surface area contributed by atoms with Gasteiger partial charge < -0.3 is 11.1 Å². The van der Waals surface area contributed by atoms with E-state index in [9.17, 15) is 4.79 Å². The summed E-state index contributed by atoms with van der Waals surface area (Å²) in [5, 5.41) is 9.54. The van der Waals surface area contributed by atoms with Crippen molar-refractivity contribution in [3.63, 3.8) is 0 Å². The van der Waals surface area contributed by atoms with Crippen LogP contribution >= 0.6 is 0 Å². The summed E-state index contributed by atoms with van der Waals surface area (Å²) in [5.74, 6) is -0.217. The van der Waals surface area contributed by atoms with Crippen molar-refractivity contribution in [1.29, 1.82) is 0 Å². The Kier molecular flexibility index (Phi) is 5.26. The Balaban J connectivity index is 2.57. The van der Waals surface area contributed by atoms with Crippen LogP contribution in [-0.2, 0) is 6.42 Å². The topological polar surface area (TPSA) is 83.8 Å². The maximum absolute atomic E-state index is 11.7. The Morgan fingerprint density at radius 2 is 2.35 bits per heavy atom. The van der Waals surface area contributed by atoms with Gasteiger partial charge in [-0.1, -0.05) is 25.5 Å². The zero-order valence-corrected chi connectivity index (χ0v) is 10.4. The Hall–Kier alpha value is -1.78. The molecule has 0 aromatic carbocycles. The molecule has 0 aliphatic rings. The number of anilines is 1. The zero-order chi connectivity index (χ0) is 12.7. The molecular weight excluding hydrogens is 216 g/mol. The first-order valence-electron chi connectivity index (χ1n) is 5.92. The second kappa shape index (κ2) is 6.73. The van der Waals surface area contributed by atoms with Crippen LogP contribution in [0.15, 0.2) is 12.2 Å². The third-order valence-corrected chi connectivity index (χ3v) is 2.43. The molecule has 1 aromatic heterocycles. The number of aromatic nitrogens is 2. The number of aromatic amines is 1. The molecule has 4 N–H and O–H groups in total. The van der Waals surface area contributed by atoms with Crippen LogP contribution in [0, 0.1) is 0 Å². The lowest BCUT2D eigenvalue weighted by Gasteiger charge is -2.01. The first-order valence-corrected chi connectivity index (χ1v) is 5.92. The minimum absolute atomic E-state index is 0.217. The van der Waals surface area contributed by atoms with Crippen molar-refractivity contribution >= 4 is 11.6 Å². The number of nitrogens with zero attached hydrogens (tertiary/aromatic N) is 1. The van der Waals surface area contributed by atoms with Crippen molar-refractivity contribution < 1.29 is 4.79 Å². The van der Waals surface area contributed by atoms with Crippen LogP contribution in [-0.4, -0.2) is 22.6 Å². The van der Waals surface area contributed by atoms with E-state index in [0.717, 1.165) is 25.0 Å². The normalized spacial score (nSPS) is 10.9. The van der Waals surface area contributed by atoms with Gasteiger partial charge in [-0.15, -0.1) is 0 Å². The van der Waals surface area contributed by atoms with Gasteiger partial charge in [0.15, 0.2) is 5.69 Å². The van der Waals surface area contributed by atoms with Crippen molar-refractivity contribution in [2.75, 3.05) is 12.3 Å². The van der Waals surface area contributed by atoms with Gasteiger partial charge in [0.2, 0.25) is 0 Å². The number of amides is 1. The smallest absolute Gasteiger partial charge is 0.273 e. The maximum Gasteiger partial charge on any atom is 0.273 e. The minimum Gasteiger partial charge on any atom is -0.395 e. The average molecular weight is 236 g/mol. The third kappa shape index (κ3) is 3.62. The third-order valence-electron chi connectivity index (χ3n) is 2.43. The van der Waals surface area contributed by atoms with Crippen molar-refractivity contribution in [3.8, 4) is 0 Å². The van der Waals surface area contributed by atoms with E-state index >= 15 is 0 Å². The molecule has 1 rings (SSSR count). The molecule has 0 unspecified atom stereocenters. The van der Waals surface area contributed by atoms with Gasteiger partial charge in [-0.3, -0.25) is 9.89 Å². The number of carbonyl (C=O) groups is 1. The van der Waals surface area contributed by atoms with Crippen molar-refractivity contribution in [2.24, 2.45) is 0 Å². The quantitative estimate of drug-likeness (QED) is 0.518. The fourth-order valence-corrected chi connectivity index (χ4v) is 1.52. The average Bonchev–Trinajstić information content (AvgIpc) is 2.67. The molecule has 17 heavy (non-hydrogen) atoms. The molecule has 0 saturated carbocycles. The van der Waals surface area contributed by atoms with Crippen molar-refractivity contribution in [3.05, 3.63) is 23.5 Å². The standard InChI is InChI=1S/C12H20N4O/c1-3-5-6-8-14-12(17)11-10(13)9(7-4-2)15-16-11/h3,5H,4,6-8,13H2,1-2H3,(H,14,17)(H,15,16)/b5-3+. The summed E-state index contributed by atoms with van der Waals surface area (Å²) in [4.78, 5) is 11.7. The molecule has 1 amide bonds. The predicted octanol–water partition coefficient (Wildman–Crippen LogP) is 1.64. The molecule has 94 valence electrons. The number of hydrogen-bond donors (Lipinski definition) is 3. The van der Waals surface area contributed by atoms with Crippen LogP contribution in [0.2, 0.25) is 0 Å². The number of nitrogen functional groups attached to an aromatic ring is 1. The van der Waals surface area contributed by atoms with Crippen LogP contribution in [0.3, 0.4) is 0 Å². The second-order valence-electron chi connectivity index (χ2n) is 3.83. The van der Waals surface area contributed by atoms with E-state index in [1.807, 2.05) is 19.1 Å². The molecule has 0 aliphatic carbocycles. The fourth-order valence-electron chi connectivity index (χ4n) is 1.52. The number of rotatable bonds is 6. The number of carbonyl (C=O) groups excluding carboxylic acids is 1. The maximum atomic E-state index is 11.7. The summed E-state index contributed by atoms with van der Waals surface area (Å²) in [7, 11) is 0. The molecule has 0 aliphatic heterocycles. The summed E-state index contributed by atoms with van der Waals surface area (Å²) in [6.07, 6.45) is 6.54. The monoisotopic (exact) mass is 236 g/mol. The number of allylic oxidation sites excluding steroid dienone is 1. The Bertz CT molecular complexity index is 395. The van der Waals surface area contributed by atoms with Gasteiger partial charge in [0.05, 0.1) is 11.4 Å². The molecule has 0 bridgehead atoms. The van der Waals surface area contributed by atoms with Gasteiger partial charge >= 0.3 is 0 Å². The van der Waals surface area contributed by atoms with Gasteiger partial charge in [0, 0.05) is 6.54 Å². The van der Waals surface area contributed by atoms with Crippen molar-refractivity contribution in [2.45, 2.75) is 33.1 Å². The Morgan fingerprint density at radius 1 is 1.59 bits per heavy atom. The Labute approximate surface area is 101 Å². The molecular formula is C12H20N4O. The van der Waals surface area contributed by atoms with Crippen LogP contribution < -0.4 is 11.1 Å². The lowest BCUT2D eigenvalue weighted by Crippen LogP contribution is -2.25. The largest absolute Gasteiger partial charge is 0.395 e. The number of aryl methyl sites for hydroxylation is 1. The number of hydrogen-bond acceptors (Lipinski definition) is 3. The van der Waals surface area contributed by atoms with E-state index in [4.69, 9.17) is 5.73 Å².